The van der Waals surface area contributed by atoms with Crippen LogP contribution < -0.4 is 0 Å². The summed E-state index contributed by atoms with van der Waals surface area (Å²) in [7, 11) is -4.07. The van der Waals surface area contributed by atoms with E-state index in [9.17, 15) is 13.2 Å². The van der Waals surface area contributed by atoms with Gasteiger partial charge < -0.3 is 4.74 Å². The Balaban J connectivity index is 1.79. The number of nitrogens with zero attached hydrogens (tertiary/aromatic N) is 2. The van der Waals surface area contributed by atoms with Crippen LogP contribution in [0.1, 0.15) is 24.0 Å². The Labute approximate surface area is 157 Å². The molecule has 0 unspecified atom stereocenters. The lowest BCUT2D eigenvalue weighted by atomic mass is 10.1. The van der Waals surface area contributed by atoms with Crippen LogP contribution in [0, 0.1) is 0 Å². The van der Waals surface area contributed by atoms with Crippen LogP contribution in [0.25, 0.3) is 6.08 Å². The Kier molecular flexibility index (Phi) is 4.45. The van der Waals surface area contributed by atoms with E-state index in [2.05, 4.69) is 4.98 Å². The van der Waals surface area contributed by atoms with Gasteiger partial charge in [0.05, 0.1) is 4.90 Å². The molecule has 0 aliphatic carbocycles. The molecule has 1 fully saturated rings. The van der Waals surface area contributed by atoms with Gasteiger partial charge >= 0.3 is 6.09 Å². The first-order valence-electron chi connectivity index (χ1n) is 8.57. The first-order chi connectivity index (χ1) is 13.0. The summed E-state index contributed by atoms with van der Waals surface area (Å²) in [5.41, 5.74) is 0.0983. The van der Waals surface area contributed by atoms with Crippen LogP contribution in [0.2, 0.25) is 0 Å². The summed E-state index contributed by atoms with van der Waals surface area (Å²) in [5.74, 6) is 0. The smallest absolute Gasteiger partial charge is 0.412 e. The second-order valence-electron chi connectivity index (χ2n) is 6.45. The van der Waals surface area contributed by atoms with Gasteiger partial charge in [0.1, 0.15) is 6.61 Å². The van der Waals surface area contributed by atoms with Crippen LogP contribution in [-0.4, -0.2) is 36.7 Å². The van der Waals surface area contributed by atoms with E-state index in [1.807, 2.05) is 0 Å². The van der Waals surface area contributed by atoms with Crippen molar-refractivity contribution in [3.8, 4) is 0 Å². The highest BCUT2D eigenvalue weighted by atomic mass is 32.2. The van der Waals surface area contributed by atoms with Gasteiger partial charge in [-0.2, -0.15) is 8.42 Å². The molecule has 0 spiro atoms. The van der Waals surface area contributed by atoms with E-state index in [0.717, 1.165) is 5.56 Å². The van der Waals surface area contributed by atoms with Gasteiger partial charge in [-0.15, -0.1) is 0 Å². The van der Waals surface area contributed by atoms with Gasteiger partial charge in [0.2, 0.25) is 0 Å². The maximum absolute atomic E-state index is 12.9. The van der Waals surface area contributed by atoms with Gasteiger partial charge in [-0.25, -0.2) is 8.98 Å². The molecule has 8 heteroatoms. The van der Waals surface area contributed by atoms with Crippen molar-refractivity contribution in [2.24, 2.45) is 0 Å². The summed E-state index contributed by atoms with van der Waals surface area (Å²) in [6.45, 7) is 0.417. The second-order valence-corrected chi connectivity index (χ2v) is 8.00. The van der Waals surface area contributed by atoms with Crippen molar-refractivity contribution in [3.63, 3.8) is 0 Å². The van der Waals surface area contributed by atoms with Crippen molar-refractivity contribution in [1.82, 2.24) is 9.88 Å². The fraction of sp³-hybridized carbons (Fsp3) is 0.263. The number of carbonyl (C=O) groups is 1. The molecule has 2 aromatic rings. The molecule has 3 aliphatic heterocycles. The minimum atomic E-state index is -4.07. The molecule has 7 nitrogen and oxygen atoms in total. The number of aromatic nitrogens is 1. The maximum atomic E-state index is 12.9. The van der Waals surface area contributed by atoms with Gasteiger partial charge in [0.15, 0.2) is 5.72 Å². The summed E-state index contributed by atoms with van der Waals surface area (Å²) in [4.78, 5) is 18.0. The molecule has 1 amide bonds. The predicted octanol–water partition coefficient (Wildman–Crippen LogP) is 2.94. The Hall–Kier alpha value is -2.71. The molecule has 1 aromatic heterocycles. The van der Waals surface area contributed by atoms with Crippen LogP contribution >= 0.6 is 0 Å². The molecule has 1 atom stereocenters. The van der Waals surface area contributed by atoms with Gasteiger partial charge in [-0.1, -0.05) is 18.2 Å². The summed E-state index contributed by atoms with van der Waals surface area (Å²) in [5, 5.41) is 0. The molecule has 0 saturated carbocycles. The summed E-state index contributed by atoms with van der Waals surface area (Å²) >= 11 is 0. The van der Waals surface area contributed by atoms with Crippen LogP contribution in [0.15, 0.2) is 59.8 Å². The molecule has 1 aromatic carbocycles. The van der Waals surface area contributed by atoms with Gasteiger partial charge in [-0.05, 0) is 47.9 Å². The van der Waals surface area contributed by atoms with Crippen LogP contribution in [0.4, 0.5) is 4.79 Å². The van der Waals surface area contributed by atoms with Crippen LogP contribution in [0.3, 0.4) is 0 Å². The zero-order valence-electron chi connectivity index (χ0n) is 14.4. The van der Waals surface area contributed by atoms with E-state index < -0.39 is 21.9 Å². The van der Waals surface area contributed by atoms with Gasteiger partial charge in [-0.3, -0.25) is 9.88 Å². The molecule has 2 bridgehead atoms. The molecule has 5 rings (SSSR count). The average molecular weight is 386 g/mol. The highest BCUT2D eigenvalue weighted by Gasteiger charge is 2.47. The van der Waals surface area contributed by atoms with E-state index in [-0.39, 0.29) is 11.5 Å². The maximum Gasteiger partial charge on any atom is 0.412 e. The Morgan fingerprint density at radius 1 is 1.11 bits per heavy atom. The standard InChI is InChI=1S/C19H18N2O5S/c22-18-21-13-1-9-19(21,10-6-15-7-11-20-12-8-15)26-27(23,24)17-4-2-16(3-5-17)14-25-18/h2-8,10-12H,1,9,13-14H2/t19-/m0/s1. The third-order valence-electron chi connectivity index (χ3n) is 4.66. The van der Waals surface area contributed by atoms with E-state index in [0.29, 0.717) is 24.9 Å². The van der Waals surface area contributed by atoms with Crippen molar-refractivity contribution in [3.05, 3.63) is 66.0 Å². The predicted molar refractivity (Wildman–Crippen MR) is 96.8 cm³/mol. The monoisotopic (exact) mass is 386 g/mol. The molecule has 0 N–H and O–H groups in total. The molecule has 0 radical (unpaired) electrons. The number of pyridine rings is 1. The third kappa shape index (κ3) is 3.45. The molecule has 27 heavy (non-hydrogen) atoms. The highest BCUT2D eigenvalue weighted by Crippen LogP contribution is 2.37. The van der Waals surface area contributed by atoms with Crippen molar-refractivity contribution in [1.29, 1.82) is 0 Å². The highest BCUT2D eigenvalue weighted by molar-refractivity contribution is 7.86. The quantitative estimate of drug-likeness (QED) is 0.738. The summed E-state index contributed by atoms with van der Waals surface area (Å²) < 4.78 is 36.7. The summed E-state index contributed by atoms with van der Waals surface area (Å²) in [6.07, 6.45) is 6.95. The SMILES string of the molecule is O=C1OCc2ccc(cc2)S(=O)(=O)O[C@]2(C=Cc3ccncc3)CCCN12. The Morgan fingerprint density at radius 3 is 2.59 bits per heavy atom. The van der Waals surface area contributed by atoms with Gasteiger partial charge in [0.25, 0.3) is 10.1 Å². The zero-order chi connectivity index (χ0) is 18.9. The Bertz CT molecular complexity index is 973. The minimum Gasteiger partial charge on any atom is -0.444 e. The lowest BCUT2D eigenvalue weighted by molar-refractivity contribution is -0.0101. The van der Waals surface area contributed by atoms with Gasteiger partial charge in [0, 0.05) is 25.4 Å². The normalized spacial score (nSPS) is 24.4. The zero-order valence-corrected chi connectivity index (χ0v) is 15.3. The summed E-state index contributed by atoms with van der Waals surface area (Å²) in [6, 6.07) is 9.71. The topological polar surface area (TPSA) is 85.8 Å². The van der Waals surface area contributed by atoms with Crippen molar-refractivity contribution >= 4 is 22.3 Å². The number of benzene rings is 1. The number of carbonyl (C=O) groups excluding carboxylic acids is 1. The third-order valence-corrected chi connectivity index (χ3v) is 6.02. The molecule has 140 valence electrons. The number of hydrogen-bond donors (Lipinski definition) is 0. The lowest BCUT2D eigenvalue weighted by Crippen LogP contribution is -2.49. The second kappa shape index (κ2) is 6.79. The van der Waals surface area contributed by atoms with Crippen molar-refractivity contribution < 1.29 is 22.1 Å². The number of hydrogen-bond acceptors (Lipinski definition) is 6. The van der Waals surface area contributed by atoms with Crippen molar-refractivity contribution in [2.75, 3.05) is 6.54 Å². The average Bonchev–Trinajstić information content (AvgIpc) is 3.08. The first-order valence-corrected chi connectivity index (χ1v) is 9.98. The largest absolute Gasteiger partial charge is 0.444 e. The number of fused-ring (bicyclic) bond motifs is 5. The van der Waals surface area contributed by atoms with Crippen LogP contribution in [0.5, 0.6) is 0 Å². The fourth-order valence-electron chi connectivity index (χ4n) is 3.26. The first kappa shape index (κ1) is 17.7. The number of rotatable bonds is 2. The Morgan fingerprint density at radius 2 is 1.85 bits per heavy atom. The molecular weight excluding hydrogens is 368 g/mol. The van der Waals surface area contributed by atoms with E-state index in [1.54, 1.807) is 48.8 Å². The number of amides is 1. The fourth-order valence-corrected chi connectivity index (χ4v) is 4.44. The molecule has 4 heterocycles. The van der Waals surface area contributed by atoms with E-state index >= 15 is 0 Å². The van der Waals surface area contributed by atoms with Crippen LogP contribution in [-0.2, 0) is 25.6 Å². The molecular formula is C19H18N2O5S. The van der Waals surface area contributed by atoms with E-state index in [1.165, 1.54) is 17.0 Å². The molecule has 3 aliphatic rings. The lowest BCUT2D eigenvalue weighted by Gasteiger charge is -2.34. The van der Waals surface area contributed by atoms with E-state index in [4.69, 9.17) is 8.92 Å². The molecule has 1 saturated heterocycles. The van der Waals surface area contributed by atoms with Crippen molar-refractivity contribution in [2.45, 2.75) is 30.1 Å². The number of ether oxygens (including phenoxy) is 1. The minimum absolute atomic E-state index is 0.0455.